The SMILES string of the molecule is CNC(=O)C(=O)C(C[C@@H]1C[C@@H](C)NC1=O)NC(=O)c1cc(C(F)F)ccc1NC(=O)OC. The van der Waals surface area contributed by atoms with Gasteiger partial charge in [-0.2, -0.15) is 0 Å². The van der Waals surface area contributed by atoms with Gasteiger partial charge in [0.2, 0.25) is 11.7 Å². The summed E-state index contributed by atoms with van der Waals surface area (Å²) in [7, 11) is 2.31. The molecule has 4 N–H and O–H groups in total. The summed E-state index contributed by atoms with van der Waals surface area (Å²) in [6.07, 6.45) is -3.62. The summed E-state index contributed by atoms with van der Waals surface area (Å²) in [4.78, 5) is 61.0. The van der Waals surface area contributed by atoms with E-state index in [2.05, 4.69) is 26.0 Å². The van der Waals surface area contributed by atoms with Gasteiger partial charge in [0.1, 0.15) is 0 Å². The summed E-state index contributed by atoms with van der Waals surface area (Å²) in [5, 5.41) is 9.42. The smallest absolute Gasteiger partial charge is 0.411 e. The van der Waals surface area contributed by atoms with Crippen LogP contribution in [0.2, 0.25) is 0 Å². The van der Waals surface area contributed by atoms with Crippen LogP contribution < -0.4 is 21.3 Å². The summed E-state index contributed by atoms with van der Waals surface area (Å²) in [5.74, 6) is -3.94. The molecule has 1 unspecified atom stereocenters. The third-order valence-electron chi connectivity index (χ3n) is 4.95. The number of carbonyl (C=O) groups excluding carboxylic acids is 5. The normalized spacial score (nSPS) is 18.5. The van der Waals surface area contributed by atoms with Crippen molar-refractivity contribution in [2.75, 3.05) is 19.5 Å². The van der Waals surface area contributed by atoms with E-state index >= 15 is 0 Å². The molecule has 32 heavy (non-hydrogen) atoms. The molecule has 0 aliphatic carbocycles. The number of hydrogen-bond donors (Lipinski definition) is 4. The number of Topliss-reactive ketones (excluding diaryl/α,β-unsaturated/α-hetero) is 1. The maximum absolute atomic E-state index is 13.2. The lowest BCUT2D eigenvalue weighted by atomic mass is 9.93. The molecule has 174 valence electrons. The van der Waals surface area contributed by atoms with Crippen LogP contribution in [-0.2, 0) is 19.1 Å². The first-order chi connectivity index (χ1) is 15.1. The van der Waals surface area contributed by atoms with Crippen molar-refractivity contribution in [2.24, 2.45) is 5.92 Å². The number of methoxy groups -OCH3 is 1. The van der Waals surface area contributed by atoms with Crippen molar-refractivity contribution in [3.8, 4) is 0 Å². The van der Waals surface area contributed by atoms with Crippen molar-refractivity contribution in [1.29, 1.82) is 0 Å². The van der Waals surface area contributed by atoms with E-state index in [0.717, 1.165) is 25.3 Å². The third kappa shape index (κ3) is 5.99. The van der Waals surface area contributed by atoms with Crippen molar-refractivity contribution in [3.63, 3.8) is 0 Å². The van der Waals surface area contributed by atoms with Crippen molar-refractivity contribution >= 4 is 35.3 Å². The lowest BCUT2D eigenvalue weighted by molar-refractivity contribution is -0.139. The summed E-state index contributed by atoms with van der Waals surface area (Å²) in [6.45, 7) is 1.77. The fraction of sp³-hybridized carbons (Fsp3) is 0.450. The minimum absolute atomic E-state index is 0.141. The maximum atomic E-state index is 13.2. The summed E-state index contributed by atoms with van der Waals surface area (Å²) >= 11 is 0. The average molecular weight is 454 g/mol. The lowest BCUT2D eigenvalue weighted by Gasteiger charge is -2.20. The second kappa shape index (κ2) is 10.6. The summed E-state index contributed by atoms with van der Waals surface area (Å²) in [5.41, 5.74) is -1.01. The van der Waals surface area contributed by atoms with Crippen molar-refractivity contribution < 1.29 is 37.5 Å². The Morgan fingerprint density at radius 1 is 1.25 bits per heavy atom. The van der Waals surface area contributed by atoms with E-state index in [1.807, 2.05) is 0 Å². The van der Waals surface area contributed by atoms with Gasteiger partial charge in [0.05, 0.1) is 24.4 Å². The van der Waals surface area contributed by atoms with E-state index in [9.17, 15) is 32.8 Å². The van der Waals surface area contributed by atoms with E-state index in [4.69, 9.17) is 0 Å². The Labute approximate surface area is 182 Å². The molecule has 10 nitrogen and oxygen atoms in total. The number of ketones is 1. The fourth-order valence-corrected chi connectivity index (χ4v) is 3.35. The quantitative estimate of drug-likeness (QED) is 0.434. The van der Waals surface area contributed by atoms with Crippen molar-refractivity contribution in [3.05, 3.63) is 29.3 Å². The first-order valence-electron chi connectivity index (χ1n) is 9.71. The van der Waals surface area contributed by atoms with Crippen LogP contribution in [-0.4, -0.2) is 55.8 Å². The van der Waals surface area contributed by atoms with E-state index < -0.39 is 47.6 Å². The van der Waals surface area contributed by atoms with Gasteiger partial charge in [-0.25, -0.2) is 13.6 Å². The number of amides is 4. The Kier molecular flexibility index (Phi) is 8.21. The molecule has 0 spiro atoms. The highest BCUT2D eigenvalue weighted by molar-refractivity contribution is 6.38. The molecule has 0 aromatic heterocycles. The Morgan fingerprint density at radius 3 is 2.47 bits per heavy atom. The van der Waals surface area contributed by atoms with Gasteiger partial charge in [-0.1, -0.05) is 6.07 Å². The van der Waals surface area contributed by atoms with Gasteiger partial charge >= 0.3 is 6.09 Å². The number of ether oxygens (including phenoxy) is 1. The van der Waals surface area contributed by atoms with Gasteiger partial charge in [0.25, 0.3) is 18.2 Å². The van der Waals surface area contributed by atoms with Crippen LogP contribution in [0.1, 0.15) is 42.1 Å². The molecule has 1 saturated heterocycles. The van der Waals surface area contributed by atoms with E-state index in [-0.39, 0.29) is 29.6 Å². The first kappa shape index (κ1) is 24.7. The Morgan fingerprint density at radius 2 is 1.94 bits per heavy atom. The molecule has 1 aromatic rings. The van der Waals surface area contributed by atoms with Crippen LogP contribution in [0.4, 0.5) is 19.3 Å². The summed E-state index contributed by atoms with van der Waals surface area (Å²) in [6, 6.07) is 1.43. The van der Waals surface area contributed by atoms with Crippen LogP contribution >= 0.6 is 0 Å². The number of alkyl halides is 2. The third-order valence-corrected chi connectivity index (χ3v) is 4.95. The number of carbonyl (C=O) groups is 5. The number of nitrogens with one attached hydrogen (secondary N) is 4. The molecule has 1 fully saturated rings. The maximum Gasteiger partial charge on any atom is 0.411 e. The Balaban J connectivity index is 2.35. The number of hydrogen-bond acceptors (Lipinski definition) is 6. The van der Waals surface area contributed by atoms with Crippen LogP contribution in [0.3, 0.4) is 0 Å². The standard InChI is InChI=1S/C20H24F2N4O6/c1-9-6-11(17(28)24-9)8-14(15(27)19(30)23-2)25-18(29)12-7-10(16(21)22)4-5-13(12)26-20(31)32-3/h4-5,7,9,11,14,16H,6,8H2,1-3H3,(H,23,30)(H,24,28)(H,25,29)(H,26,31)/t9-,11+,14?/m1/s1. The highest BCUT2D eigenvalue weighted by atomic mass is 19.3. The first-order valence-corrected chi connectivity index (χ1v) is 9.71. The Bertz CT molecular complexity index is 923. The van der Waals surface area contributed by atoms with Gasteiger partial charge in [0.15, 0.2) is 0 Å². The number of rotatable bonds is 8. The molecule has 2 rings (SSSR count). The second-order valence-corrected chi connectivity index (χ2v) is 7.27. The zero-order valence-electron chi connectivity index (χ0n) is 17.7. The minimum atomic E-state index is -2.90. The topological polar surface area (TPSA) is 143 Å². The molecule has 4 amide bonds. The zero-order chi connectivity index (χ0) is 24.0. The predicted octanol–water partition coefficient (Wildman–Crippen LogP) is 1.13. The largest absolute Gasteiger partial charge is 0.453 e. The van der Waals surface area contributed by atoms with Crippen LogP contribution in [0.15, 0.2) is 18.2 Å². The fourth-order valence-electron chi connectivity index (χ4n) is 3.35. The van der Waals surface area contributed by atoms with Gasteiger partial charge in [0, 0.05) is 24.6 Å². The number of halogens is 2. The minimum Gasteiger partial charge on any atom is -0.453 e. The number of benzene rings is 1. The monoisotopic (exact) mass is 454 g/mol. The van der Waals surface area contributed by atoms with Gasteiger partial charge in [-0.05, 0) is 31.9 Å². The van der Waals surface area contributed by atoms with E-state index in [1.165, 1.54) is 7.05 Å². The van der Waals surface area contributed by atoms with E-state index in [0.29, 0.717) is 6.42 Å². The highest BCUT2D eigenvalue weighted by Gasteiger charge is 2.36. The van der Waals surface area contributed by atoms with E-state index in [1.54, 1.807) is 6.92 Å². The van der Waals surface area contributed by atoms with Gasteiger partial charge in [-0.15, -0.1) is 0 Å². The number of likely N-dealkylation sites (N-methyl/N-ethyl adjacent to an activating group) is 1. The molecule has 3 atom stereocenters. The zero-order valence-corrected chi connectivity index (χ0v) is 17.7. The average Bonchev–Trinajstić information content (AvgIpc) is 3.08. The van der Waals surface area contributed by atoms with Crippen molar-refractivity contribution in [1.82, 2.24) is 16.0 Å². The number of anilines is 1. The van der Waals surface area contributed by atoms with Crippen LogP contribution in [0.25, 0.3) is 0 Å². The molecule has 1 aliphatic heterocycles. The van der Waals surface area contributed by atoms with Crippen molar-refractivity contribution in [2.45, 2.75) is 38.3 Å². The molecule has 12 heteroatoms. The molecule has 1 heterocycles. The lowest BCUT2D eigenvalue weighted by Crippen LogP contribution is -2.48. The molecule has 1 aliphatic rings. The van der Waals surface area contributed by atoms with Gasteiger partial charge < -0.3 is 20.7 Å². The predicted molar refractivity (Wildman–Crippen MR) is 108 cm³/mol. The molecule has 0 saturated carbocycles. The molecular formula is C20H24F2N4O6. The summed E-state index contributed by atoms with van der Waals surface area (Å²) < 4.78 is 30.8. The molecule has 0 radical (unpaired) electrons. The molecule has 1 aromatic carbocycles. The van der Waals surface area contributed by atoms with Crippen LogP contribution in [0, 0.1) is 5.92 Å². The van der Waals surface area contributed by atoms with Crippen LogP contribution in [0.5, 0.6) is 0 Å². The second-order valence-electron chi connectivity index (χ2n) is 7.27. The van der Waals surface area contributed by atoms with Gasteiger partial charge in [-0.3, -0.25) is 24.5 Å². The Hall–Kier alpha value is -3.57. The molecular weight excluding hydrogens is 430 g/mol. The molecule has 0 bridgehead atoms. The highest BCUT2D eigenvalue weighted by Crippen LogP contribution is 2.26.